The maximum absolute atomic E-state index is 10.1. The van der Waals surface area contributed by atoms with Crippen LogP contribution < -0.4 is 5.32 Å². The Labute approximate surface area is 130 Å². The van der Waals surface area contributed by atoms with Crippen molar-refractivity contribution < 1.29 is 5.11 Å². The Morgan fingerprint density at radius 2 is 1.81 bits per heavy atom. The summed E-state index contributed by atoms with van der Waals surface area (Å²) in [7, 11) is 2.14. The lowest BCUT2D eigenvalue weighted by Crippen LogP contribution is -2.55. The molecule has 0 saturated carbocycles. The van der Waals surface area contributed by atoms with Gasteiger partial charge in [-0.3, -0.25) is 0 Å². The second-order valence-electron chi connectivity index (χ2n) is 6.43. The average Bonchev–Trinajstić information content (AvgIpc) is 2.51. The van der Waals surface area contributed by atoms with Gasteiger partial charge in [-0.2, -0.15) is 0 Å². The first-order chi connectivity index (χ1) is 9.96. The molecule has 21 heavy (non-hydrogen) atoms. The van der Waals surface area contributed by atoms with Gasteiger partial charge in [-0.15, -0.1) is 0 Å². The molecule has 2 unspecified atom stereocenters. The van der Waals surface area contributed by atoms with Gasteiger partial charge < -0.3 is 15.3 Å². The molecule has 0 amide bonds. The third-order valence-corrected chi connectivity index (χ3v) is 4.49. The van der Waals surface area contributed by atoms with Crippen molar-refractivity contribution in [1.29, 1.82) is 0 Å². The zero-order valence-corrected chi connectivity index (χ0v) is 14.3. The standard InChI is InChI=1S/C18H32N2O/c1-6-12-19-18(14-21,17-10-8-7-9-11-17)13-20(5)16(4)15(2)3/h7-11,15-16,19,21H,6,12-14H2,1-5H3. The van der Waals surface area contributed by atoms with Crippen molar-refractivity contribution in [2.24, 2.45) is 5.92 Å². The number of likely N-dealkylation sites (N-methyl/N-ethyl adjacent to an activating group) is 1. The van der Waals surface area contributed by atoms with E-state index in [1.165, 1.54) is 0 Å². The van der Waals surface area contributed by atoms with E-state index < -0.39 is 5.54 Å². The van der Waals surface area contributed by atoms with E-state index in [0.29, 0.717) is 12.0 Å². The number of hydrogen-bond acceptors (Lipinski definition) is 3. The van der Waals surface area contributed by atoms with E-state index in [4.69, 9.17) is 0 Å². The lowest BCUT2D eigenvalue weighted by Gasteiger charge is -2.40. The predicted molar refractivity (Wildman–Crippen MR) is 90.4 cm³/mol. The first-order valence-electron chi connectivity index (χ1n) is 8.08. The van der Waals surface area contributed by atoms with Gasteiger partial charge in [-0.05, 0) is 38.4 Å². The van der Waals surface area contributed by atoms with Gasteiger partial charge in [0.05, 0.1) is 12.1 Å². The quantitative estimate of drug-likeness (QED) is 0.734. The van der Waals surface area contributed by atoms with Gasteiger partial charge in [-0.25, -0.2) is 0 Å². The first kappa shape index (κ1) is 18.1. The normalized spacial score (nSPS) is 16.2. The van der Waals surface area contributed by atoms with E-state index in [-0.39, 0.29) is 6.61 Å². The van der Waals surface area contributed by atoms with E-state index in [2.05, 4.69) is 57.1 Å². The molecule has 0 radical (unpaired) electrons. The van der Waals surface area contributed by atoms with Crippen LogP contribution in [0.2, 0.25) is 0 Å². The molecule has 0 aromatic heterocycles. The fourth-order valence-electron chi connectivity index (χ4n) is 2.65. The number of aliphatic hydroxyl groups excluding tert-OH is 1. The van der Waals surface area contributed by atoms with Gasteiger partial charge >= 0.3 is 0 Å². The van der Waals surface area contributed by atoms with Gasteiger partial charge in [0.2, 0.25) is 0 Å². The van der Waals surface area contributed by atoms with Crippen molar-refractivity contribution in [2.75, 3.05) is 26.7 Å². The van der Waals surface area contributed by atoms with Crippen LogP contribution in [0.15, 0.2) is 30.3 Å². The molecule has 0 aliphatic heterocycles. The maximum atomic E-state index is 10.1. The highest BCUT2D eigenvalue weighted by atomic mass is 16.3. The minimum atomic E-state index is -0.394. The summed E-state index contributed by atoms with van der Waals surface area (Å²) in [5.41, 5.74) is 0.763. The Morgan fingerprint density at radius 3 is 2.29 bits per heavy atom. The van der Waals surface area contributed by atoms with Crippen LogP contribution in [0.4, 0.5) is 0 Å². The molecule has 0 bridgehead atoms. The van der Waals surface area contributed by atoms with E-state index in [0.717, 1.165) is 25.1 Å². The number of aliphatic hydroxyl groups is 1. The van der Waals surface area contributed by atoms with Gasteiger partial charge in [0.25, 0.3) is 0 Å². The Morgan fingerprint density at radius 1 is 1.19 bits per heavy atom. The summed E-state index contributed by atoms with van der Waals surface area (Å²) in [6.45, 7) is 10.7. The predicted octanol–water partition coefficient (Wildman–Crippen LogP) is 2.85. The third-order valence-electron chi connectivity index (χ3n) is 4.49. The van der Waals surface area contributed by atoms with Crippen molar-refractivity contribution in [3.63, 3.8) is 0 Å². The Bertz CT molecular complexity index is 393. The Balaban J connectivity index is 3.01. The smallest absolute Gasteiger partial charge is 0.0797 e. The van der Waals surface area contributed by atoms with Crippen LogP contribution in [0.3, 0.4) is 0 Å². The van der Waals surface area contributed by atoms with Crippen LogP contribution in [0.5, 0.6) is 0 Å². The fourth-order valence-corrected chi connectivity index (χ4v) is 2.65. The van der Waals surface area contributed by atoms with Crippen LogP contribution in [-0.4, -0.2) is 42.8 Å². The molecule has 120 valence electrons. The van der Waals surface area contributed by atoms with E-state index >= 15 is 0 Å². The SMILES string of the molecule is CCCNC(CO)(CN(C)C(C)C(C)C)c1ccccc1. The molecule has 0 aliphatic rings. The zero-order valence-electron chi connectivity index (χ0n) is 14.3. The number of benzene rings is 1. The zero-order chi connectivity index (χ0) is 15.9. The highest BCUT2D eigenvalue weighted by Gasteiger charge is 2.33. The molecule has 2 atom stereocenters. The van der Waals surface area contributed by atoms with Crippen LogP contribution in [0.1, 0.15) is 39.7 Å². The van der Waals surface area contributed by atoms with Crippen molar-refractivity contribution in [2.45, 2.75) is 45.7 Å². The third kappa shape index (κ3) is 4.80. The number of hydrogen-bond donors (Lipinski definition) is 2. The van der Waals surface area contributed by atoms with Crippen LogP contribution >= 0.6 is 0 Å². The average molecular weight is 292 g/mol. The summed E-state index contributed by atoms with van der Waals surface area (Å²) >= 11 is 0. The van der Waals surface area contributed by atoms with Crippen molar-refractivity contribution in [3.8, 4) is 0 Å². The number of rotatable bonds is 9. The van der Waals surface area contributed by atoms with E-state index in [9.17, 15) is 5.11 Å². The van der Waals surface area contributed by atoms with Gasteiger partial charge in [0.1, 0.15) is 0 Å². The van der Waals surface area contributed by atoms with Crippen molar-refractivity contribution in [1.82, 2.24) is 10.2 Å². The second-order valence-corrected chi connectivity index (χ2v) is 6.43. The molecule has 3 nitrogen and oxygen atoms in total. The van der Waals surface area contributed by atoms with Crippen LogP contribution in [0, 0.1) is 5.92 Å². The summed E-state index contributed by atoms with van der Waals surface area (Å²) < 4.78 is 0. The minimum absolute atomic E-state index is 0.103. The number of nitrogens with zero attached hydrogens (tertiary/aromatic N) is 1. The summed E-state index contributed by atoms with van der Waals surface area (Å²) in [5.74, 6) is 0.591. The Hall–Kier alpha value is -0.900. The lowest BCUT2D eigenvalue weighted by atomic mass is 9.88. The summed E-state index contributed by atoms with van der Waals surface area (Å²) in [6.07, 6.45) is 1.05. The van der Waals surface area contributed by atoms with Gasteiger partial charge in [-0.1, -0.05) is 51.1 Å². The molecule has 0 fully saturated rings. The monoisotopic (exact) mass is 292 g/mol. The molecule has 0 saturated heterocycles. The number of nitrogens with one attached hydrogen (secondary N) is 1. The van der Waals surface area contributed by atoms with E-state index in [1.807, 2.05) is 18.2 Å². The molecule has 0 aliphatic carbocycles. The summed E-state index contributed by atoms with van der Waals surface area (Å²) in [6, 6.07) is 10.8. The molecule has 1 aromatic carbocycles. The van der Waals surface area contributed by atoms with Crippen LogP contribution in [-0.2, 0) is 5.54 Å². The van der Waals surface area contributed by atoms with E-state index in [1.54, 1.807) is 0 Å². The Kier molecular flexibility index (Phi) is 7.36. The molecule has 1 aromatic rings. The van der Waals surface area contributed by atoms with Crippen molar-refractivity contribution in [3.05, 3.63) is 35.9 Å². The van der Waals surface area contributed by atoms with Crippen LogP contribution in [0.25, 0.3) is 0 Å². The fraction of sp³-hybridized carbons (Fsp3) is 0.667. The molecular formula is C18H32N2O. The first-order valence-corrected chi connectivity index (χ1v) is 8.08. The largest absolute Gasteiger partial charge is 0.394 e. The summed E-state index contributed by atoms with van der Waals surface area (Å²) in [5, 5.41) is 13.7. The lowest BCUT2D eigenvalue weighted by molar-refractivity contribution is 0.0905. The molecule has 1 rings (SSSR count). The summed E-state index contributed by atoms with van der Waals surface area (Å²) in [4.78, 5) is 2.34. The highest BCUT2D eigenvalue weighted by molar-refractivity contribution is 5.25. The molecular weight excluding hydrogens is 260 g/mol. The molecule has 0 heterocycles. The highest BCUT2D eigenvalue weighted by Crippen LogP contribution is 2.24. The maximum Gasteiger partial charge on any atom is 0.0797 e. The second kappa shape index (κ2) is 8.52. The van der Waals surface area contributed by atoms with Gasteiger partial charge in [0.15, 0.2) is 0 Å². The molecule has 2 N–H and O–H groups in total. The molecule has 3 heteroatoms. The molecule has 0 spiro atoms. The topological polar surface area (TPSA) is 35.5 Å². The minimum Gasteiger partial charge on any atom is -0.394 e. The van der Waals surface area contributed by atoms with Crippen molar-refractivity contribution >= 4 is 0 Å². The van der Waals surface area contributed by atoms with Gasteiger partial charge in [0, 0.05) is 12.6 Å².